The minimum absolute atomic E-state index is 0.0954. The molecule has 1 aromatic heterocycles. The largest absolute Gasteiger partial charge is 0.872 e. The van der Waals surface area contributed by atoms with Gasteiger partial charge in [-0.15, -0.1) is 0 Å². The number of nitrogens with one attached hydrogen (secondary N) is 1. The topological polar surface area (TPSA) is 112 Å². The number of ether oxygens (including phenoxy) is 4. The fourth-order valence-electron chi connectivity index (χ4n) is 4.28. The zero-order chi connectivity index (χ0) is 25.8. The van der Waals surface area contributed by atoms with Crippen LogP contribution in [0.1, 0.15) is 22.7 Å². The summed E-state index contributed by atoms with van der Waals surface area (Å²) in [5, 5.41) is 13.7. The fourth-order valence-corrected chi connectivity index (χ4v) is 4.28. The van der Waals surface area contributed by atoms with Crippen molar-refractivity contribution in [2.24, 2.45) is 0 Å². The highest BCUT2D eigenvalue weighted by atomic mass is 16.5. The molecule has 1 aliphatic heterocycles. The Morgan fingerprint density at radius 3 is 2.25 bits per heavy atom. The van der Waals surface area contributed by atoms with E-state index in [0.717, 1.165) is 5.56 Å². The summed E-state index contributed by atoms with van der Waals surface area (Å²) in [6, 6.07) is 12.4. The minimum atomic E-state index is -0.988. The predicted molar refractivity (Wildman–Crippen MR) is 127 cm³/mol. The van der Waals surface area contributed by atoms with E-state index < -0.39 is 23.5 Å². The Bertz CT molecular complexity index is 1300. The first-order valence-corrected chi connectivity index (χ1v) is 11.1. The van der Waals surface area contributed by atoms with Crippen molar-refractivity contribution >= 4 is 17.4 Å². The van der Waals surface area contributed by atoms with E-state index in [2.05, 4.69) is 4.98 Å². The monoisotopic (exact) mass is 490 g/mol. The van der Waals surface area contributed by atoms with Gasteiger partial charge in [0.2, 0.25) is 11.5 Å². The Hall–Kier alpha value is -4.53. The number of nitrogens with zero attached hydrogens (tertiary/aromatic N) is 1. The number of benzene rings is 2. The molecule has 1 atom stereocenters. The zero-order valence-electron chi connectivity index (χ0n) is 20.4. The van der Waals surface area contributed by atoms with E-state index in [1.54, 1.807) is 48.8 Å². The van der Waals surface area contributed by atoms with Gasteiger partial charge in [0.15, 0.2) is 23.9 Å². The number of aromatic amines is 1. The minimum Gasteiger partial charge on any atom is -0.872 e. The van der Waals surface area contributed by atoms with Crippen molar-refractivity contribution in [2.45, 2.75) is 12.6 Å². The summed E-state index contributed by atoms with van der Waals surface area (Å²) in [4.78, 5) is 30.9. The summed E-state index contributed by atoms with van der Waals surface area (Å²) in [7, 11) is 5.90. The molecule has 1 fully saturated rings. The van der Waals surface area contributed by atoms with Gasteiger partial charge in [-0.1, -0.05) is 17.9 Å². The normalized spacial score (nSPS) is 16.7. The molecule has 1 aliphatic rings. The van der Waals surface area contributed by atoms with Gasteiger partial charge in [0, 0.05) is 17.2 Å². The molecule has 36 heavy (non-hydrogen) atoms. The van der Waals surface area contributed by atoms with Crippen molar-refractivity contribution in [3.63, 3.8) is 0 Å². The molecule has 1 amide bonds. The predicted octanol–water partition coefficient (Wildman–Crippen LogP) is 1.96. The lowest BCUT2D eigenvalue weighted by Crippen LogP contribution is -2.29. The number of carbonyl (C=O) groups excluding carboxylic acids is 2. The fraction of sp³-hybridized carbons (Fsp3) is 0.222. The maximum atomic E-state index is 13.7. The first kappa shape index (κ1) is 24.6. The van der Waals surface area contributed by atoms with Gasteiger partial charge in [-0.05, 0) is 41.5 Å². The van der Waals surface area contributed by atoms with Crippen LogP contribution in [0.3, 0.4) is 0 Å². The van der Waals surface area contributed by atoms with Gasteiger partial charge in [-0.25, -0.2) is 4.98 Å². The molecule has 0 spiro atoms. The first-order valence-electron chi connectivity index (χ1n) is 11.1. The van der Waals surface area contributed by atoms with E-state index >= 15 is 0 Å². The summed E-state index contributed by atoms with van der Waals surface area (Å²) < 4.78 is 21.6. The number of methoxy groups -OCH3 is 4. The number of amides is 1. The average molecular weight is 491 g/mol. The van der Waals surface area contributed by atoms with Gasteiger partial charge in [-0.3, -0.25) is 9.59 Å². The number of hydrogen-bond donors (Lipinski definition) is 0. The van der Waals surface area contributed by atoms with Gasteiger partial charge in [0.05, 0.1) is 41.0 Å². The molecule has 0 aliphatic carbocycles. The molecule has 9 heteroatoms. The van der Waals surface area contributed by atoms with E-state index in [9.17, 15) is 14.7 Å². The summed E-state index contributed by atoms with van der Waals surface area (Å²) in [5.41, 5.74) is 1.29. The molecule has 0 saturated carbocycles. The van der Waals surface area contributed by atoms with Crippen LogP contribution in [-0.4, -0.2) is 45.0 Å². The second-order valence-electron chi connectivity index (χ2n) is 8.01. The van der Waals surface area contributed by atoms with Gasteiger partial charge in [0.1, 0.15) is 5.75 Å². The van der Waals surface area contributed by atoms with Crippen LogP contribution < -0.4 is 29.0 Å². The van der Waals surface area contributed by atoms with E-state index in [-0.39, 0.29) is 17.7 Å². The van der Waals surface area contributed by atoms with Crippen LogP contribution in [0, 0.1) is 0 Å². The molecule has 2 heterocycles. The van der Waals surface area contributed by atoms with Crippen LogP contribution in [0.2, 0.25) is 0 Å². The quantitative estimate of drug-likeness (QED) is 0.270. The smallest absolute Gasteiger partial charge is 0.295 e. The van der Waals surface area contributed by atoms with Gasteiger partial charge in [0.25, 0.3) is 5.91 Å². The number of hydrogen-bond acceptors (Lipinski definition) is 7. The van der Waals surface area contributed by atoms with Crippen molar-refractivity contribution in [1.82, 2.24) is 4.90 Å². The first-order chi connectivity index (χ1) is 17.4. The van der Waals surface area contributed by atoms with Crippen LogP contribution in [0.15, 0.2) is 66.5 Å². The molecule has 1 saturated heterocycles. The molecule has 4 rings (SSSR count). The number of pyridine rings is 1. The van der Waals surface area contributed by atoms with Gasteiger partial charge >= 0.3 is 0 Å². The lowest BCUT2D eigenvalue weighted by molar-refractivity contribution is -0.378. The van der Waals surface area contributed by atoms with Crippen molar-refractivity contribution in [3.8, 4) is 23.0 Å². The maximum absolute atomic E-state index is 13.7. The Balaban J connectivity index is 1.95. The molecule has 1 unspecified atom stereocenters. The molecule has 2 aromatic carbocycles. The van der Waals surface area contributed by atoms with E-state index in [1.165, 1.54) is 39.4 Å². The maximum Gasteiger partial charge on any atom is 0.295 e. The average Bonchev–Trinajstić information content (AvgIpc) is 3.17. The molecule has 3 aromatic rings. The molecule has 9 nitrogen and oxygen atoms in total. The van der Waals surface area contributed by atoms with Gasteiger partial charge in [-0.2, -0.15) is 0 Å². The zero-order valence-corrected chi connectivity index (χ0v) is 20.4. The Labute approximate surface area is 208 Å². The Morgan fingerprint density at radius 1 is 0.944 bits per heavy atom. The lowest BCUT2D eigenvalue weighted by Gasteiger charge is -2.28. The number of rotatable bonds is 8. The molecular weight excluding hydrogens is 464 g/mol. The number of carbonyl (C=O) groups is 2. The number of likely N-dealkylation sites (tertiary alicyclic amines) is 1. The van der Waals surface area contributed by atoms with Crippen molar-refractivity contribution in [2.75, 3.05) is 28.4 Å². The molecule has 0 radical (unpaired) electrons. The third-order valence-electron chi connectivity index (χ3n) is 5.99. The molecule has 1 N–H and O–H groups in total. The van der Waals surface area contributed by atoms with Crippen LogP contribution in [0.5, 0.6) is 23.0 Å². The third-order valence-corrected chi connectivity index (χ3v) is 5.99. The SMILES string of the molecule is COc1cccc(/C([O-])=C2\C(=O)C(=O)N(Cc3ccc[nH+]c3)C2c2cc(OC)c(OC)c(OC)c2)c1. The second kappa shape index (κ2) is 10.4. The van der Waals surface area contributed by atoms with Crippen molar-refractivity contribution in [3.05, 3.63) is 83.2 Å². The van der Waals surface area contributed by atoms with E-state index in [4.69, 9.17) is 18.9 Å². The van der Waals surface area contributed by atoms with Crippen molar-refractivity contribution < 1.29 is 38.6 Å². The lowest BCUT2D eigenvalue weighted by atomic mass is 9.94. The highest BCUT2D eigenvalue weighted by Gasteiger charge is 2.45. The summed E-state index contributed by atoms with van der Waals surface area (Å²) >= 11 is 0. The number of ketones is 1. The van der Waals surface area contributed by atoms with Crippen LogP contribution >= 0.6 is 0 Å². The Kier molecular flexibility index (Phi) is 7.10. The molecule has 0 bridgehead atoms. The third kappa shape index (κ3) is 4.43. The van der Waals surface area contributed by atoms with Crippen LogP contribution in [-0.2, 0) is 16.1 Å². The Morgan fingerprint density at radius 2 is 1.67 bits per heavy atom. The van der Waals surface area contributed by atoms with Gasteiger partial charge < -0.3 is 29.0 Å². The molecule has 186 valence electrons. The van der Waals surface area contributed by atoms with E-state index in [0.29, 0.717) is 28.6 Å². The number of H-pyrrole nitrogens is 1. The van der Waals surface area contributed by atoms with Crippen molar-refractivity contribution in [1.29, 1.82) is 0 Å². The number of Topliss-reactive ketones (excluding diaryl/α,β-unsaturated/α-hetero) is 1. The standard InChI is InChI=1S/C27H26N2O7/c1-33-19-9-5-8-17(11-19)24(30)22-23(18-12-20(34-2)26(36-4)21(13-18)35-3)29(27(32)25(22)31)15-16-7-6-10-28-14-16/h5-14,23,30H,15H2,1-4H3/b24-22+. The van der Waals surface area contributed by atoms with Crippen LogP contribution in [0.25, 0.3) is 5.76 Å². The summed E-state index contributed by atoms with van der Waals surface area (Å²) in [6.45, 7) is 0.0954. The number of aromatic nitrogens is 1. The highest BCUT2D eigenvalue weighted by molar-refractivity contribution is 6.46. The van der Waals surface area contributed by atoms with E-state index in [1.807, 2.05) is 6.07 Å². The molecular formula is C27H26N2O7. The summed E-state index contributed by atoms with van der Waals surface area (Å²) in [6.07, 6.45) is 3.47. The highest BCUT2D eigenvalue weighted by Crippen LogP contribution is 2.45. The summed E-state index contributed by atoms with van der Waals surface area (Å²) in [5.74, 6) is -0.721. The van der Waals surface area contributed by atoms with Crippen LogP contribution in [0.4, 0.5) is 0 Å². The second-order valence-corrected chi connectivity index (χ2v) is 8.01.